The molecule has 0 saturated carbocycles. The monoisotopic (exact) mass is 443 g/mol. The van der Waals surface area contributed by atoms with Crippen LogP contribution in [0.15, 0.2) is 84.1 Å². The van der Waals surface area contributed by atoms with Gasteiger partial charge in [-0.25, -0.2) is 0 Å². The van der Waals surface area contributed by atoms with Gasteiger partial charge in [-0.15, -0.1) is 11.8 Å². The van der Waals surface area contributed by atoms with E-state index in [-0.39, 0.29) is 22.7 Å². The van der Waals surface area contributed by atoms with Crippen LogP contribution in [0, 0.1) is 5.41 Å². The number of Topliss-reactive ketones (excluding diaryl/α,β-unsaturated/α-hetero) is 2. The van der Waals surface area contributed by atoms with Gasteiger partial charge in [0, 0.05) is 27.9 Å². The molecule has 1 N–H and O–H groups in total. The summed E-state index contributed by atoms with van der Waals surface area (Å²) in [4.78, 5) is 38.7. The van der Waals surface area contributed by atoms with E-state index in [9.17, 15) is 14.4 Å². The Hall–Kier alpha value is -3.38. The second-order valence-electron chi connectivity index (χ2n) is 8.06. The first-order chi connectivity index (χ1) is 15.5. The van der Waals surface area contributed by atoms with Crippen molar-refractivity contribution < 1.29 is 19.1 Å². The maximum Gasteiger partial charge on any atom is 0.210 e. The first-order valence-electron chi connectivity index (χ1n) is 10.4. The lowest BCUT2D eigenvalue weighted by molar-refractivity contribution is -0.110. The van der Waals surface area contributed by atoms with Crippen molar-refractivity contribution in [2.45, 2.75) is 17.5 Å². The minimum Gasteiger partial charge on any atom is -0.497 e. The summed E-state index contributed by atoms with van der Waals surface area (Å²) >= 11 is 1.67. The zero-order valence-corrected chi connectivity index (χ0v) is 18.3. The molecule has 0 saturated heterocycles. The summed E-state index contributed by atoms with van der Waals surface area (Å²) in [5.41, 5.74) is 1.96. The van der Waals surface area contributed by atoms with Crippen LogP contribution in [0.25, 0.3) is 0 Å². The Balaban J connectivity index is 1.50. The normalized spacial score (nSPS) is 20.8. The topological polar surface area (TPSA) is 72.5 Å². The van der Waals surface area contributed by atoms with Crippen molar-refractivity contribution in [1.29, 1.82) is 0 Å². The molecule has 1 atom stereocenters. The van der Waals surface area contributed by atoms with E-state index in [1.165, 1.54) is 12.2 Å². The van der Waals surface area contributed by atoms with Crippen LogP contribution in [-0.2, 0) is 10.5 Å². The number of rotatable bonds is 4. The van der Waals surface area contributed by atoms with Gasteiger partial charge in [0.2, 0.25) is 5.78 Å². The summed E-state index contributed by atoms with van der Waals surface area (Å²) in [6.07, 6.45) is 7.13. The molecular formula is C26H21NO4S. The third-order valence-corrected chi connectivity index (χ3v) is 7.30. The molecule has 160 valence electrons. The highest BCUT2D eigenvalue weighted by Crippen LogP contribution is 2.48. The first-order valence-corrected chi connectivity index (χ1v) is 11.4. The third-order valence-electron chi connectivity index (χ3n) is 6.11. The molecule has 0 radical (unpaired) electrons. The van der Waals surface area contributed by atoms with Crippen molar-refractivity contribution in [3.63, 3.8) is 0 Å². The molecule has 1 spiro atoms. The number of allylic oxidation sites excluding steroid dienone is 6. The van der Waals surface area contributed by atoms with Crippen LogP contribution in [0.4, 0.5) is 0 Å². The van der Waals surface area contributed by atoms with E-state index in [1.54, 1.807) is 55.3 Å². The van der Waals surface area contributed by atoms with Crippen molar-refractivity contribution in [2.75, 3.05) is 7.11 Å². The molecule has 5 nitrogen and oxygen atoms in total. The molecule has 6 heteroatoms. The van der Waals surface area contributed by atoms with Crippen molar-refractivity contribution in [1.82, 2.24) is 5.32 Å². The van der Waals surface area contributed by atoms with Gasteiger partial charge in [0.15, 0.2) is 11.6 Å². The molecule has 32 heavy (non-hydrogen) atoms. The summed E-state index contributed by atoms with van der Waals surface area (Å²) in [6.45, 7) is 0. The van der Waals surface area contributed by atoms with Gasteiger partial charge in [-0.05, 0) is 36.3 Å². The van der Waals surface area contributed by atoms with E-state index in [1.807, 2.05) is 24.3 Å². The Bertz CT molecular complexity index is 1210. The fourth-order valence-electron chi connectivity index (χ4n) is 4.47. The average Bonchev–Trinajstić information content (AvgIpc) is 2.83. The molecule has 0 bridgehead atoms. The van der Waals surface area contributed by atoms with E-state index in [0.717, 1.165) is 17.1 Å². The van der Waals surface area contributed by atoms with Gasteiger partial charge in [0.25, 0.3) is 0 Å². The fourth-order valence-corrected chi connectivity index (χ4v) is 5.65. The van der Waals surface area contributed by atoms with E-state index >= 15 is 0 Å². The Labute approximate surface area is 190 Å². The average molecular weight is 444 g/mol. The maximum absolute atomic E-state index is 13.5. The molecule has 1 aliphatic heterocycles. The Morgan fingerprint density at radius 2 is 1.62 bits per heavy atom. The number of fused-ring (bicyclic) bond motifs is 2. The van der Waals surface area contributed by atoms with Crippen LogP contribution in [0.1, 0.15) is 32.7 Å². The quantitative estimate of drug-likeness (QED) is 0.761. The number of methoxy groups -OCH3 is 1. The molecule has 1 heterocycles. The molecule has 2 aliphatic carbocycles. The van der Waals surface area contributed by atoms with Crippen LogP contribution < -0.4 is 10.1 Å². The van der Waals surface area contributed by atoms with Gasteiger partial charge in [-0.2, -0.15) is 0 Å². The Morgan fingerprint density at radius 1 is 0.969 bits per heavy atom. The lowest BCUT2D eigenvalue weighted by Gasteiger charge is -2.42. The highest BCUT2D eigenvalue weighted by atomic mass is 32.2. The number of thioether (sulfide) groups is 1. The number of nitrogens with one attached hydrogen (secondary N) is 1. The van der Waals surface area contributed by atoms with Crippen LogP contribution in [-0.4, -0.2) is 29.8 Å². The van der Waals surface area contributed by atoms with Crippen molar-refractivity contribution >= 4 is 29.1 Å². The SMILES string of the molecule is COc1ccc(CSC2CC3(C=CC(=O)C=C3)C3=C(N2)C(=O)c2ccccc2C3=O)cc1. The van der Waals surface area contributed by atoms with Gasteiger partial charge in [0.1, 0.15) is 5.75 Å². The summed E-state index contributed by atoms with van der Waals surface area (Å²) in [7, 11) is 1.64. The number of ketones is 3. The fraction of sp³-hybridized carbons (Fsp3) is 0.192. The predicted molar refractivity (Wildman–Crippen MR) is 124 cm³/mol. The minimum atomic E-state index is -0.785. The van der Waals surface area contributed by atoms with E-state index in [2.05, 4.69) is 5.32 Å². The second kappa shape index (κ2) is 7.95. The molecule has 0 aromatic heterocycles. The minimum absolute atomic E-state index is 0.111. The highest BCUT2D eigenvalue weighted by molar-refractivity contribution is 7.99. The smallest absolute Gasteiger partial charge is 0.210 e. The molecule has 0 amide bonds. The number of hydrogen-bond acceptors (Lipinski definition) is 6. The van der Waals surface area contributed by atoms with Crippen LogP contribution in [0.2, 0.25) is 0 Å². The molecule has 1 unspecified atom stereocenters. The number of carbonyl (C=O) groups is 3. The summed E-state index contributed by atoms with van der Waals surface area (Å²) < 4.78 is 5.22. The van der Waals surface area contributed by atoms with E-state index in [0.29, 0.717) is 28.8 Å². The van der Waals surface area contributed by atoms with Gasteiger partial charge in [0.05, 0.1) is 18.2 Å². The lowest BCUT2D eigenvalue weighted by Crippen LogP contribution is -2.47. The van der Waals surface area contributed by atoms with Crippen molar-refractivity contribution in [3.8, 4) is 5.75 Å². The maximum atomic E-state index is 13.5. The zero-order chi connectivity index (χ0) is 22.3. The summed E-state index contributed by atoms with van der Waals surface area (Å²) in [5.74, 6) is 1.07. The van der Waals surface area contributed by atoms with Crippen molar-refractivity contribution in [3.05, 3.63) is 101 Å². The lowest BCUT2D eigenvalue weighted by atomic mass is 9.66. The number of ether oxygens (including phenoxy) is 1. The van der Waals surface area contributed by atoms with E-state index in [4.69, 9.17) is 4.74 Å². The van der Waals surface area contributed by atoms with Gasteiger partial charge < -0.3 is 10.1 Å². The number of benzene rings is 2. The molecule has 0 fully saturated rings. The van der Waals surface area contributed by atoms with E-state index < -0.39 is 5.41 Å². The summed E-state index contributed by atoms with van der Waals surface area (Å²) in [5, 5.41) is 3.24. The zero-order valence-electron chi connectivity index (χ0n) is 17.5. The molecule has 2 aromatic carbocycles. The van der Waals surface area contributed by atoms with Crippen LogP contribution >= 0.6 is 11.8 Å². The third kappa shape index (κ3) is 3.41. The number of hydrogen-bond donors (Lipinski definition) is 1. The van der Waals surface area contributed by atoms with Gasteiger partial charge >= 0.3 is 0 Å². The number of carbonyl (C=O) groups excluding carboxylic acids is 3. The first kappa shape index (κ1) is 20.5. The Kier molecular flexibility index (Phi) is 5.10. The van der Waals surface area contributed by atoms with Crippen molar-refractivity contribution in [2.24, 2.45) is 5.41 Å². The molecular weight excluding hydrogens is 422 g/mol. The van der Waals surface area contributed by atoms with Gasteiger partial charge in [-0.1, -0.05) is 48.6 Å². The molecule has 5 rings (SSSR count). The summed E-state index contributed by atoms with van der Waals surface area (Å²) in [6, 6.07) is 14.8. The predicted octanol–water partition coefficient (Wildman–Crippen LogP) is 4.26. The second-order valence-corrected chi connectivity index (χ2v) is 9.25. The van der Waals surface area contributed by atoms with Crippen LogP contribution in [0.5, 0.6) is 5.75 Å². The van der Waals surface area contributed by atoms with Gasteiger partial charge in [-0.3, -0.25) is 14.4 Å². The molecule has 2 aromatic rings. The highest BCUT2D eigenvalue weighted by Gasteiger charge is 2.48. The largest absolute Gasteiger partial charge is 0.497 e. The van der Waals surface area contributed by atoms with Crippen LogP contribution in [0.3, 0.4) is 0 Å². The molecule has 3 aliphatic rings. The standard InChI is InChI=1S/C26H21NO4S/c1-31-18-8-6-16(7-9-18)15-32-21-14-26(12-10-17(28)11-13-26)22-23(27-21)25(30)20-5-3-2-4-19(20)24(22)29/h2-13,21,27H,14-15H2,1H3. The Morgan fingerprint density at radius 3 is 2.28 bits per heavy atom.